The number of carbonyl (C=O) groups excluding carboxylic acids is 9. The maximum absolute atomic E-state index is 14.7. The summed E-state index contributed by atoms with van der Waals surface area (Å²) >= 11 is 0. The molecule has 0 spiro atoms. The minimum Gasteiger partial charge on any atom is -0.481 e. The zero-order valence-electron chi connectivity index (χ0n) is 44.8. The van der Waals surface area contributed by atoms with Crippen molar-refractivity contribution in [2.45, 2.75) is 113 Å². The molecule has 4 aromatic rings. The van der Waals surface area contributed by atoms with Crippen LogP contribution in [-0.4, -0.2) is 164 Å². The molecule has 9 amide bonds. The van der Waals surface area contributed by atoms with Crippen molar-refractivity contribution >= 4 is 104 Å². The van der Waals surface area contributed by atoms with Crippen molar-refractivity contribution < 1.29 is 53.1 Å². The van der Waals surface area contributed by atoms with Gasteiger partial charge in [-0.3, -0.25) is 57.9 Å². The Morgan fingerprint density at radius 3 is 1.85 bits per heavy atom. The number of aromatic amines is 2. The van der Waals surface area contributed by atoms with E-state index >= 15 is 0 Å². The van der Waals surface area contributed by atoms with Crippen molar-refractivity contribution in [3.63, 3.8) is 0 Å². The monoisotopic (exact) mass is 1170 g/mol. The molecular weight excluding hydrogens is 1100 g/mol. The Labute approximate surface area is 478 Å². The molecule has 0 radical (unpaired) electrons. The molecule has 8 atom stereocenters. The number of hydrogen-bond acceptors (Lipinski definition) is 15. The number of carbonyl (C=O) groups is 10. The van der Waals surface area contributed by atoms with Crippen LogP contribution in [0.4, 0.5) is 0 Å². The van der Waals surface area contributed by atoms with E-state index in [1.807, 2.05) is 6.07 Å². The molecule has 82 heavy (non-hydrogen) atoms. The number of nitrogens with one attached hydrogen (secondary N) is 10. The largest absolute Gasteiger partial charge is 0.481 e. The zero-order chi connectivity index (χ0) is 59.7. The number of benzene rings is 2. The number of amides is 9. The third kappa shape index (κ3) is 21.3. The molecule has 442 valence electrons. The highest BCUT2D eigenvalue weighted by Crippen LogP contribution is 2.24. The fourth-order valence-electron chi connectivity index (χ4n) is 8.46. The predicted octanol–water partition coefficient (Wildman–Crippen LogP) is -3.33. The summed E-state index contributed by atoms with van der Waals surface area (Å²) in [5.74, 6) is -10.3. The second kappa shape index (κ2) is 32.4. The van der Waals surface area contributed by atoms with Crippen LogP contribution in [0.3, 0.4) is 0 Å². The van der Waals surface area contributed by atoms with E-state index in [1.54, 1.807) is 54.7 Å². The second-order valence-corrected chi connectivity index (χ2v) is 21.6. The van der Waals surface area contributed by atoms with Gasteiger partial charge in [-0.2, -0.15) is 0 Å². The van der Waals surface area contributed by atoms with Gasteiger partial charge in [-0.25, -0.2) is 4.98 Å². The molecule has 2 aromatic heterocycles. The predicted molar refractivity (Wildman–Crippen MR) is 306 cm³/mol. The molecule has 1 aliphatic rings. The number of carboxylic acid groups (broad SMARTS) is 1. The summed E-state index contributed by atoms with van der Waals surface area (Å²) in [5, 5.41) is 31.5. The van der Waals surface area contributed by atoms with Crippen LogP contribution in [0.1, 0.15) is 62.3 Å². The highest BCUT2D eigenvalue weighted by molar-refractivity contribution is 8.76. The molecule has 1 aliphatic heterocycles. The van der Waals surface area contributed by atoms with Gasteiger partial charge in [0.15, 0.2) is 11.9 Å². The van der Waals surface area contributed by atoms with E-state index in [2.05, 4.69) is 67.5 Å². The molecule has 29 nitrogen and oxygen atoms in total. The number of aliphatic imine (C=N–C) groups is 2. The molecule has 0 bridgehead atoms. The first-order valence-electron chi connectivity index (χ1n) is 26.0. The number of aliphatic carboxylic acids is 1. The van der Waals surface area contributed by atoms with Gasteiger partial charge in [-0.05, 0) is 49.3 Å². The number of primary amides is 1. The average molecular weight is 1180 g/mol. The van der Waals surface area contributed by atoms with Gasteiger partial charge in [0.05, 0.1) is 6.33 Å². The Balaban J connectivity index is 1.60. The Bertz CT molecular complexity index is 2920. The first-order valence-corrected chi connectivity index (χ1v) is 28.5. The van der Waals surface area contributed by atoms with Gasteiger partial charge in [-0.15, -0.1) is 0 Å². The number of H-pyrrole nitrogens is 2. The summed E-state index contributed by atoms with van der Waals surface area (Å²) in [6, 6.07) is 3.98. The lowest BCUT2D eigenvalue weighted by molar-refractivity contribution is -0.138. The van der Waals surface area contributed by atoms with E-state index in [0.29, 0.717) is 22.2 Å². The molecule has 2 aromatic carbocycles. The summed E-state index contributed by atoms with van der Waals surface area (Å²) in [6.45, 7) is 1.28. The molecule has 1 saturated heterocycles. The highest BCUT2D eigenvalue weighted by atomic mass is 33.1. The van der Waals surface area contributed by atoms with Crippen LogP contribution in [0.25, 0.3) is 10.9 Å². The van der Waals surface area contributed by atoms with E-state index in [4.69, 9.17) is 28.7 Å². The number of para-hydroxylation sites is 1. The van der Waals surface area contributed by atoms with Crippen molar-refractivity contribution in [3.05, 3.63) is 90.1 Å². The molecule has 31 heteroatoms. The highest BCUT2D eigenvalue weighted by Gasteiger charge is 2.36. The SMILES string of the molecule is CC(=O)N[C@H](CCCN=C(N)N)C(=O)N[C@H]1CSSC[C@@H](C(N)=O)NC(=O)[C@H](Cc2c[nH]c3ccccc23)NC(=O)[C@@H](CCCN=C(N)N)NC(=O)[C@@H](Cc2ccccc2)NC(=O)[C@@H](Cc2cnc[nH]2)NC(=O)[C@H](CCC(=O)O)NC1=O. The van der Waals surface area contributed by atoms with E-state index in [-0.39, 0.29) is 81.5 Å². The van der Waals surface area contributed by atoms with Gasteiger partial charge in [0.2, 0.25) is 53.2 Å². The van der Waals surface area contributed by atoms with Crippen molar-refractivity contribution in [2.75, 3.05) is 24.6 Å². The van der Waals surface area contributed by atoms with Crippen molar-refractivity contribution in [1.29, 1.82) is 0 Å². The normalized spacial score (nSPS) is 21.2. The van der Waals surface area contributed by atoms with E-state index in [0.717, 1.165) is 27.1 Å². The number of rotatable bonds is 21. The van der Waals surface area contributed by atoms with Crippen LogP contribution in [0.5, 0.6) is 0 Å². The van der Waals surface area contributed by atoms with Crippen LogP contribution in [0.2, 0.25) is 0 Å². The second-order valence-electron chi connectivity index (χ2n) is 19.0. The topological polar surface area (TPSA) is 486 Å². The van der Waals surface area contributed by atoms with Crippen LogP contribution < -0.4 is 71.2 Å². The fraction of sp³-hybridized carbons (Fsp3) is 0.431. The minimum atomic E-state index is -1.68. The van der Waals surface area contributed by atoms with E-state index < -0.39 is 120 Å². The smallest absolute Gasteiger partial charge is 0.303 e. The lowest BCUT2D eigenvalue weighted by Crippen LogP contribution is -2.61. The van der Waals surface area contributed by atoms with Gasteiger partial charge in [-0.1, -0.05) is 70.1 Å². The van der Waals surface area contributed by atoms with Crippen LogP contribution >= 0.6 is 21.6 Å². The number of imidazole rings is 1. The average Bonchev–Trinajstić information content (AvgIpc) is 4.33. The number of guanidine groups is 2. The summed E-state index contributed by atoms with van der Waals surface area (Å²) in [4.78, 5) is 157. The first kappa shape index (κ1) is 64.0. The zero-order valence-corrected chi connectivity index (χ0v) is 46.4. The van der Waals surface area contributed by atoms with E-state index in [1.165, 1.54) is 19.4 Å². The van der Waals surface area contributed by atoms with Gasteiger partial charge in [0.25, 0.3) is 0 Å². The number of nitrogens with two attached hydrogens (primary N) is 5. The number of aromatic nitrogens is 3. The van der Waals surface area contributed by atoms with Gasteiger partial charge >= 0.3 is 5.97 Å². The van der Waals surface area contributed by atoms with Crippen LogP contribution in [0.15, 0.2) is 83.3 Å². The summed E-state index contributed by atoms with van der Waals surface area (Å²) < 4.78 is 0. The third-order valence-corrected chi connectivity index (χ3v) is 15.0. The van der Waals surface area contributed by atoms with Gasteiger partial charge in [0.1, 0.15) is 48.3 Å². The van der Waals surface area contributed by atoms with E-state index in [9.17, 15) is 53.1 Å². The number of hydrogen-bond donors (Lipinski definition) is 16. The fourth-order valence-corrected chi connectivity index (χ4v) is 10.8. The molecule has 21 N–H and O–H groups in total. The molecule has 1 fully saturated rings. The van der Waals surface area contributed by atoms with Crippen LogP contribution in [0, 0.1) is 0 Å². The Morgan fingerprint density at radius 1 is 0.671 bits per heavy atom. The van der Waals surface area contributed by atoms with Gasteiger partial charge < -0.3 is 86.3 Å². The number of nitrogens with zero attached hydrogens (tertiary/aromatic N) is 3. The third-order valence-electron chi connectivity index (χ3n) is 12.6. The Morgan fingerprint density at radius 2 is 1.23 bits per heavy atom. The summed E-state index contributed by atoms with van der Waals surface area (Å²) in [5.41, 5.74) is 30.1. The van der Waals surface area contributed by atoms with Crippen molar-refractivity contribution in [2.24, 2.45) is 38.7 Å². The molecular formula is C51H70N18O11S2. The first-order chi connectivity index (χ1) is 39.2. The minimum absolute atomic E-state index is 0.00244. The maximum Gasteiger partial charge on any atom is 0.303 e. The maximum atomic E-state index is 14.7. The molecule has 0 saturated carbocycles. The Hall–Kier alpha value is -8.87. The molecule has 5 rings (SSSR count). The van der Waals surface area contributed by atoms with Gasteiger partial charge in [0, 0.05) is 86.2 Å². The molecule has 3 heterocycles. The van der Waals surface area contributed by atoms with Crippen molar-refractivity contribution in [1.82, 2.24) is 57.5 Å². The van der Waals surface area contributed by atoms with Crippen molar-refractivity contribution in [3.8, 4) is 0 Å². The lowest BCUT2D eigenvalue weighted by Gasteiger charge is -2.28. The summed E-state index contributed by atoms with van der Waals surface area (Å²) in [6.07, 6.45) is 2.81. The van der Waals surface area contributed by atoms with Crippen LogP contribution in [-0.2, 0) is 67.2 Å². The number of fused-ring (bicyclic) bond motifs is 1. The quantitative estimate of drug-likeness (QED) is 0.0168. The summed E-state index contributed by atoms with van der Waals surface area (Å²) in [7, 11) is 1.88. The number of carboxylic acids is 1. The Kier molecular flexibility index (Phi) is 25.3. The molecule has 0 aliphatic carbocycles. The lowest BCUT2D eigenvalue weighted by atomic mass is 10.0. The molecule has 0 unspecified atom stereocenters. The standard InChI is InChI=1S/C51H70N18O11S2/c1-27(70)62-33(13-7-17-58-50(53)54)43(74)69-40-25-82-81-24-39(42(52)73)68-47(78)37(20-29-22-60-32-12-6-5-11-31(29)32)66-44(75)34(14-8-18-59-51(55)56)63-46(77)36(19-28-9-3-2-4-10-28)65-48(79)38(21-30-23-57-26-61-30)67-45(76)35(64-49(40)80)15-16-41(71)72/h2-6,9-12,22-23,26,33-40,60H,7-8,13-21,24-25H2,1H3,(H2,52,73)(H,57,61)(H,62,70)(H,63,77)(H,64,80)(H,65,79)(H,66,75)(H,67,76)(H,68,78)(H,69,74)(H,71,72)(H4,53,54,58)(H4,55,56,59)/t33-,34-,35+,36-,37+,38-,39+,40+/m1/s1.